The molecule has 4 heteroatoms. The first-order valence-corrected chi connectivity index (χ1v) is 10.1. The summed E-state index contributed by atoms with van der Waals surface area (Å²) < 4.78 is 0. The van der Waals surface area contributed by atoms with Crippen molar-refractivity contribution in [2.24, 2.45) is 11.8 Å². The van der Waals surface area contributed by atoms with Gasteiger partial charge >= 0.3 is 0 Å². The minimum atomic E-state index is 0.849. The molecule has 1 unspecified atom stereocenters. The van der Waals surface area contributed by atoms with Gasteiger partial charge in [-0.1, -0.05) is 28.8 Å². The molecule has 2 fully saturated rings. The van der Waals surface area contributed by atoms with Gasteiger partial charge in [0, 0.05) is 25.0 Å². The van der Waals surface area contributed by atoms with Crippen LogP contribution in [0.2, 0.25) is 0 Å². The number of rotatable bonds is 10. The second-order valence-electron chi connectivity index (χ2n) is 7.04. The third kappa shape index (κ3) is 6.55. The van der Waals surface area contributed by atoms with Gasteiger partial charge in [-0.25, -0.2) is 0 Å². The Hall–Kier alpha value is 0.360. The average molecular weight is 360 g/mol. The Morgan fingerprint density at radius 1 is 1.14 bits per heavy atom. The van der Waals surface area contributed by atoms with Crippen molar-refractivity contribution in [2.45, 2.75) is 44.9 Å². The fraction of sp³-hybridized carbons (Fsp3) is 1.00. The van der Waals surface area contributed by atoms with Crippen LogP contribution < -0.4 is 5.32 Å². The maximum absolute atomic E-state index is 3.70. The van der Waals surface area contributed by atoms with Crippen molar-refractivity contribution in [1.82, 2.24) is 15.1 Å². The highest BCUT2D eigenvalue weighted by Gasteiger charge is 2.24. The number of nitrogens with one attached hydrogen (secondary N) is 1. The van der Waals surface area contributed by atoms with E-state index >= 15 is 0 Å². The Bertz CT molecular complexity index is 269. The van der Waals surface area contributed by atoms with Crippen LogP contribution in [0.4, 0.5) is 0 Å². The highest BCUT2D eigenvalue weighted by Crippen LogP contribution is 2.26. The summed E-state index contributed by atoms with van der Waals surface area (Å²) in [6.45, 7) is 7.62. The van der Waals surface area contributed by atoms with Gasteiger partial charge in [-0.15, -0.1) is 0 Å². The van der Waals surface area contributed by atoms with Gasteiger partial charge < -0.3 is 5.32 Å². The monoisotopic (exact) mass is 359 g/mol. The van der Waals surface area contributed by atoms with Crippen molar-refractivity contribution in [3.63, 3.8) is 0 Å². The standard InChI is InChI=1S/C17H34BrN3/c1-19-9-4-7-16(13-18)8-10-20-11-12-21(15-20)14-17-5-2-3-6-17/h16-17,19H,2-15H2,1H3. The van der Waals surface area contributed by atoms with Gasteiger partial charge in [-0.05, 0) is 64.1 Å². The van der Waals surface area contributed by atoms with E-state index in [1.807, 2.05) is 7.05 Å². The zero-order chi connectivity index (χ0) is 14.9. The van der Waals surface area contributed by atoms with Crippen LogP contribution in [-0.2, 0) is 0 Å². The lowest BCUT2D eigenvalue weighted by Gasteiger charge is -2.22. The van der Waals surface area contributed by atoms with Crippen LogP contribution in [0.15, 0.2) is 0 Å². The van der Waals surface area contributed by atoms with Crippen LogP contribution >= 0.6 is 15.9 Å². The van der Waals surface area contributed by atoms with E-state index in [1.165, 1.54) is 77.8 Å². The maximum Gasteiger partial charge on any atom is 0.0507 e. The third-order valence-electron chi connectivity index (χ3n) is 5.23. The molecule has 1 aliphatic heterocycles. The summed E-state index contributed by atoms with van der Waals surface area (Å²) in [6.07, 6.45) is 9.92. The predicted octanol–water partition coefficient (Wildman–Crippen LogP) is 3.15. The molecule has 1 saturated heterocycles. The Kier molecular flexibility index (Phi) is 8.60. The van der Waals surface area contributed by atoms with E-state index in [4.69, 9.17) is 0 Å². The quantitative estimate of drug-likeness (QED) is 0.477. The predicted molar refractivity (Wildman–Crippen MR) is 95.0 cm³/mol. The molecule has 0 amide bonds. The van der Waals surface area contributed by atoms with E-state index in [0.29, 0.717) is 0 Å². The molecule has 1 atom stereocenters. The molecule has 0 bridgehead atoms. The number of alkyl halides is 1. The number of hydrogen-bond donors (Lipinski definition) is 1. The van der Waals surface area contributed by atoms with Gasteiger partial charge in [-0.2, -0.15) is 0 Å². The normalized spacial score (nSPS) is 23.1. The molecule has 3 nitrogen and oxygen atoms in total. The SMILES string of the molecule is CNCCCC(CBr)CCN1CCN(CC2CCCC2)C1. The van der Waals surface area contributed by atoms with Gasteiger partial charge in [0.2, 0.25) is 0 Å². The van der Waals surface area contributed by atoms with Crippen molar-refractivity contribution >= 4 is 15.9 Å². The minimum Gasteiger partial charge on any atom is -0.320 e. The van der Waals surface area contributed by atoms with Crippen LogP contribution in [0.5, 0.6) is 0 Å². The molecule has 1 saturated carbocycles. The summed E-state index contributed by atoms with van der Waals surface area (Å²) in [5, 5.41) is 4.42. The van der Waals surface area contributed by atoms with Crippen LogP contribution in [-0.4, -0.2) is 61.6 Å². The smallest absolute Gasteiger partial charge is 0.0507 e. The molecular weight excluding hydrogens is 326 g/mol. The summed E-state index contributed by atoms with van der Waals surface area (Å²) in [5.41, 5.74) is 0. The lowest BCUT2D eigenvalue weighted by atomic mass is 10.0. The van der Waals surface area contributed by atoms with Crippen LogP contribution in [0.25, 0.3) is 0 Å². The lowest BCUT2D eigenvalue weighted by Crippen LogP contribution is -2.30. The molecule has 0 aromatic rings. The van der Waals surface area contributed by atoms with E-state index < -0.39 is 0 Å². The fourth-order valence-corrected chi connectivity index (χ4v) is 4.48. The van der Waals surface area contributed by atoms with Gasteiger partial charge in [-0.3, -0.25) is 9.80 Å². The average Bonchev–Trinajstić information content (AvgIpc) is 3.15. The fourth-order valence-electron chi connectivity index (χ4n) is 3.83. The molecule has 21 heavy (non-hydrogen) atoms. The van der Waals surface area contributed by atoms with Gasteiger partial charge in [0.1, 0.15) is 0 Å². The Labute approximate surface area is 140 Å². The molecule has 0 radical (unpaired) electrons. The molecule has 2 rings (SSSR count). The summed E-state index contributed by atoms with van der Waals surface area (Å²) >= 11 is 3.70. The van der Waals surface area contributed by atoms with E-state index in [1.54, 1.807) is 0 Å². The first-order chi connectivity index (χ1) is 10.3. The van der Waals surface area contributed by atoms with Crippen molar-refractivity contribution < 1.29 is 0 Å². The van der Waals surface area contributed by atoms with Gasteiger partial charge in [0.05, 0.1) is 6.67 Å². The summed E-state index contributed by atoms with van der Waals surface area (Å²) in [4.78, 5) is 5.36. The zero-order valence-corrected chi connectivity index (χ0v) is 15.4. The molecule has 0 aromatic carbocycles. The molecule has 0 aromatic heterocycles. The molecule has 1 aliphatic carbocycles. The highest BCUT2D eigenvalue weighted by atomic mass is 79.9. The second-order valence-corrected chi connectivity index (χ2v) is 7.69. The van der Waals surface area contributed by atoms with Crippen molar-refractivity contribution in [1.29, 1.82) is 0 Å². The number of nitrogens with zero attached hydrogens (tertiary/aromatic N) is 2. The molecule has 0 spiro atoms. The molecular formula is C17H34BrN3. The topological polar surface area (TPSA) is 18.5 Å². The van der Waals surface area contributed by atoms with Crippen molar-refractivity contribution in [2.75, 3.05) is 51.8 Å². The van der Waals surface area contributed by atoms with Crippen LogP contribution in [0.1, 0.15) is 44.9 Å². The van der Waals surface area contributed by atoms with Crippen molar-refractivity contribution in [3.8, 4) is 0 Å². The zero-order valence-electron chi connectivity index (χ0n) is 13.8. The van der Waals surface area contributed by atoms with E-state index in [0.717, 1.165) is 23.7 Å². The molecule has 1 N–H and O–H groups in total. The lowest BCUT2D eigenvalue weighted by molar-refractivity contribution is 0.212. The molecule has 1 heterocycles. The van der Waals surface area contributed by atoms with Crippen LogP contribution in [0.3, 0.4) is 0 Å². The number of halogens is 1. The van der Waals surface area contributed by atoms with E-state index in [2.05, 4.69) is 31.0 Å². The van der Waals surface area contributed by atoms with E-state index in [9.17, 15) is 0 Å². The Morgan fingerprint density at radius 3 is 2.62 bits per heavy atom. The Morgan fingerprint density at radius 2 is 1.90 bits per heavy atom. The summed E-state index contributed by atoms with van der Waals surface area (Å²) in [6, 6.07) is 0. The van der Waals surface area contributed by atoms with Gasteiger partial charge in [0.25, 0.3) is 0 Å². The van der Waals surface area contributed by atoms with Gasteiger partial charge in [0.15, 0.2) is 0 Å². The molecule has 124 valence electrons. The maximum atomic E-state index is 3.70. The third-order valence-corrected chi connectivity index (χ3v) is 6.15. The first-order valence-electron chi connectivity index (χ1n) is 8.97. The highest BCUT2D eigenvalue weighted by molar-refractivity contribution is 9.09. The van der Waals surface area contributed by atoms with Crippen LogP contribution in [0, 0.1) is 11.8 Å². The summed E-state index contributed by atoms with van der Waals surface area (Å²) in [7, 11) is 2.05. The largest absolute Gasteiger partial charge is 0.320 e. The second kappa shape index (κ2) is 10.2. The number of hydrogen-bond acceptors (Lipinski definition) is 3. The Balaban J connectivity index is 1.58. The van der Waals surface area contributed by atoms with E-state index in [-0.39, 0.29) is 0 Å². The summed E-state index contributed by atoms with van der Waals surface area (Å²) in [5.74, 6) is 1.85. The van der Waals surface area contributed by atoms with Crippen molar-refractivity contribution in [3.05, 3.63) is 0 Å². The molecule has 2 aliphatic rings. The first kappa shape index (κ1) is 17.7. The minimum absolute atomic E-state index is 0.849.